The van der Waals surface area contributed by atoms with Crippen molar-refractivity contribution < 1.29 is 4.74 Å². The highest BCUT2D eigenvalue weighted by atomic mass is 16.5. The van der Waals surface area contributed by atoms with Gasteiger partial charge >= 0.3 is 0 Å². The Morgan fingerprint density at radius 1 is 1.26 bits per heavy atom. The highest BCUT2D eigenvalue weighted by molar-refractivity contribution is 5.58. The van der Waals surface area contributed by atoms with Crippen molar-refractivity contribution in [3.8, 4) is 5.75 Å². The van der Waals surface area contributed by atoms with Gasteiger partial charge in [0.15, 0.2) is 0 Å². The monoisotopic (exact) mass is 315 g/mol. The molecule has 1 atom stereocenters. The number of methoxy groups -OCH3 is 1. The van der Waals surface area contributed by atoms with Crippen molar-refractivity contribution in [2.75, 3.05) is 31.6 Å². The fourth-order valence-corrected chi connectivity index (χ4v) is 3.20. The molecule has 1 saturated heterocycles. The Hall–Kier alpha value is -2.08. The lowest BCUT2D eigenvalue weighted by atomic mass is 10.1. The summed E-state index contributed by atoms with van der Waals surface area (Å²) < 4.78 is 7.47. The van der Waals surface area contributed by atoms with E-state index in [4.69, 9.17) is 4.74 Å². The fourth-order valence-electron chi connectivity index (χ4n) is 3.20. The lowest BCUT2D eigenvalue weighted by Gasteiger charge is -2.41. The minimum atomic E-state index is 0.454. The van der Waals surface area contributed by atoms with Crippen LogP contribution in [0.2, 0.25) is 0 Å². The molecule has 0 N–H and O–H groups in total. The molecule has 2 aromatic rings. The number of ether oxygens (including phenoxy) is 1. The van der Waals surface area contributed by atoms with Crippen LogP contribution in [0.4, 0.5) is 5.69 Å². The third-order valence-corrected chi connectivity index (χ3v) is 4.53. The number of piperazine rings is 1. The minimum Gasteiger partial charge on any atom is -0.495 e. The Morgan fingerprint density at radius 3 is 2.83 bits per heavy atom. The van der Waals surface area contributed by atoms with Gasteiger partial charge in [0, 0.05) is 32.2 Å². The van der Waals surface area contributed by atoms with Gasteiger partial charge in [0.1, 0.15) is 17.9 Å². The normalized spacial score (nSPS) is 19.1. The Kier molecular flexibility index (Phi) is 4.81. The highest BCUT2D eigenvalue weighted by Crippen LogP contribution is 2.29. The van der Waals surface area contributed by atoms with Crippen molar-refractivity contribution in [1.29, 1.82) is 0 Å². The predicted molar refractivity (Wildman–Crippen MR) is 90.8 cm³/mol. The van der Waals surface area contributed by atoms with E-state index in [1.165, 1.54) is 5.69 Å². The third-order valence-electron chi connectivity index (χ3n) is 4.53. The number of rotatable bonds is 5. The summed E-state index contributed by atoms with van der Waals surface area (Å²) >= 11 is 0. The SMILES string of the molecule is CCn1ncnc1CN1CCN(c2ccccc2OC)C[C@H]1C. The van der Waals surface area contributed by atoms with Gasteiger partial charge in [-0.25, -0.2) is 9.67 Å². The maximum atomic E-state index is 5.50. The van der Waals surface area contributed by atoms with Crippen molar-refractivity contribution in [2.24, 2.45) is 0 Å². The molecule has 0 spiro atoms. The zero-order chi connectivity index (χ0) is 16.2. The van der Waals surface area contributed by atoms with Crippen LogP contribution in [0, 0.1) is 0 Å². The van der Waals surface area contributed by atoms with E-state index < -0.39 is 0 Å². The molecule has 1 aliphatic rings. The summed E-state index contributed by atoms with van der Waals surface area (Å²) in [5.74, 6) is 1.99. The summed E-state index contributed by atoms with van der Waals surface area (Å²) in [6, 6.07) is 8.69. The zero-order valence-electron chi connectivity index (χ0n) is 14.1. The van der Waals surface area contributed by atoms with Gasteiger partial charge in [0.25, 0.3) is 0 Å². The quantitative estimate of drug-likeness (QED) is 0.845. The van der Waals surface area contributed by atoms with E-state index in [0.29, 0.717) is 6.04 Å². The van der Waals surface area contributed by atoms with Crippen molar-refractivity contribution in [3.63, 3.8) is 0 Å². The topological polar surface area (TPSA) is 46.4 Å². The van der Waals surface area contributed by atoms with Gasteiger partial charge in [0.05, 0.1) is 19.3 Å². The predicted octanol–water partition coefficient (Wildman–Crippen LogP) is 2.02. The molecule has 2 heterocycles. The molecule has 6 nitrogen and oxygen atoms in total. The second-order valence-electron chi connectivity index (χ2n) is 5.93. The largest absolute Gasteiger partial charge is 0.495 e. The smallest absolute Gasteiger partial charge is 0.142 e. The summed E-state index contributed by atoms with van der Waals surface area (Å²) in [7, 11) is 1.73. The van der Waals surface area contributed by atoms with Crippen LogP contribution in [0.25, 0.3) is 0 Å². The van der Waals surface area contributed by atoms with Gasteiger partial charge in [-0.2, -0.15) is 5.10 Å². The lowest BCUT2D eigenvalue weighted by Crippen LogP contribution is -2.51. The van der Waals surface area contributed by atoms with Gasteiger partial charge in [-0.3, -0.25) is 4.90 Å². The zero-order valence-corrected chi connectivity index (χ0v) is 14.1. The Bertz CT molecular complexity index is 641. The Balaban J connectivity index is 1.68. The van der Waals surface area contributed by atoms with Crippen molar-refractivity contribution in [2.45, 2.75) is 33.0 Å². The van der Waals surface area contributed by atoms with Crippen LogP contribution in [-0.4, -0.2) is 52.5 Å². The van der Waals surface area contributed by atoms with Crippen molar-refractivity contribution in [1.82, 2.24) is 19.7 Å². The molecule has 0 saturated carbocycles. The molecule has 0 bridgehead atoms. The van der Waals surface area contributed by atoms with Crippen LogP contribution in [0.3, 0.4) is 0 Å². The van der Waals surface area contributed by atoms with Gasteiger partial charge < -0.3 is 9.64 Å². The molecule has 1 aromatic carbocycles. The molecule has 1 aromatic heterocycles. The average molecular weight is 315 g/mol. The standard InChI is InChI=1S/C17H25N5O/c1-4-22-17(18-13-19-22)12-20-9-10-21(11-14(20)2)15-7-5-6-8-16(15)23-3/h5-8,13-14H,4,9-12H2,1-3H3/t14-/m1/s1. The molecule has 23 heavy (non-hydrogen) atoms. The molecule has 124 valence electrons. The number of para-hydroxylation sites is 2. The van der Waals surface area contributed by atoms with Crippen molar-refractivity contribution in [3.05, 3.63) is 36.4 Å². The van der Waals surface area contributed by atoms with Gasteiger partial charge in [-0.05, 0) is 26.0 Å². The average Bonchev–Trinajstić information content (AvgIpc) is 3.04. The number of anilines is 1. The molecular weight excluding hydrogens is 290 g/mol. The summed E-state index contributed by atoms with van der Waals surface area (Å²) in [6.07, 6.45) is 1.65. The van der Waals surface area contributed by atoms with E-state index in [9.17, 15) is 0 Å². The van der Waals surface area contributed by atoms with Crippen LogP contribution in [0.1, 0.15) is 19.7 Å². The van der Waals surface area contributed by atoms with Gasteiger partial charge in [-0.15, -0.1) is 0 Å². The number of aryl methyl sites for hydroxylation is 1. The minimum absolute atomic E-state index is 0.454. The summed E-state index contributed by atoms with van der Waals surface area (Å²) in [4.78, 5) is 9.28. The fraction of sp³-hybridized carbons (Fsp3) is 0.529. The second kappa shape index (κ2) is 7.00. The van der Waals surface area contributed by atoms with Crippen LogP contribution >= 0.6 is 0 Å². The molecule has 0 aliphatic carbocycles. The number of benzene rings is 1. The summed E-state index contributed by atoms with van der Waals surface area (Å²) in [6.45, 7) is 9.08. The first-order chi connectivity index (χ1) is 11.2. The third kappa shape index (κ3) is 3.32. The van der Waals surface area contributed by atoms with Crippen LogP contribution < -0.4 is 9.64 Å². The van der Waals surface area contributed by atoms with E-state index >= 15 is 0 Å². The molecule has 0 radical (unpaired) electrons. The summed E-state index contributed by atoms with van der Waals surface area (Å²) in [5.41, 5.74) is 1.18. The second-order valence-corrected chi connectivity index (χ2v) is 5.93. The maximum Gasteiger partial charge on any atom is 0.142 e. The number of hydrogen-bond donors (Lipinski definition) is 0. The molecular formula is C17H25N5O. The molecule has 0 unspecified atom stereocenters. The van der Waals surface area contributed by atoms with Crippen molar-refractivity contribution >= 4 is 5.69 Å². The molecule has 1 fully saturated rings. The van der Waals surface area contributed by atoms with Crippen LogP contribution in [0.15, 0.2) is 30.6 Å². The Labute approximate surface area is 137 Å². The number of aromatic nitrogens is 3. The van der Waals surface area contributed by atoms with E-state index in [-0.39, 0.29) is 0 Å². The maximum absolute atomic E-state index is 5.50. The molecule has 3 rings (SSSR count). The Morgan fingerprint density at radius 2 is 2.09 bits per heavy atom. The van der Waals surface area contributed by atoms with Gasteiger partial charge in [-0.1, -0.05) is 12.1 Å². The van der Waals surface area contributed by atoms with Crippen LogP contribution in [0.5, 0.6) is 5.75 Å². The number of hydrogen-bond acceptors (Lipinski definition) is 5. The first kappa shape index (κ1) is 15.8. The first-order valence-electron chi connectivity index (χ1n) is 8.21. The van der Waals surface area contributed by atoms with E-state index in [2.05, 4.69) is 45.9 Å². The molecule has 0 amide bonds. The molecule has 1 aliphatic heterocycles. The molecule has 6 heteroatoms. The number of nitrogens with zero attached hydrogens (tertiary/aromatic N) is 5. The lowest BCUT2D eigenvalue weighted by molar-refractivity contribution is 0.173. The van der Waals surface area contributed by atoms with E-state index in [1.807, 2.05) is 16.8 Å². The van der Waals surface area contributed by atoms with E-state index in [1.54, 1.807) is 13.4 Å². The highest BCUT2D eigenvalue weighted by Gasteiger charge is 2.26. The van der Waals surface area contributed by atoms with Crippen LogP contribution in [-0.2, 0) is 13.1 Å². The summed E-state index contributed by atoms with van der Waals surface area (Å²) in [5, 5.41) is 4.26. The van der Waals surface area contributed by atoms with E-state index in [0.717, 1.165) is 44.3 Å². The first-order valence-corrected chi connectivity index (χ1v) is 8.21. The van der Waals surface area contributed by atoms with Gasteiger partial charge in [0.2, 0.25) is 0 Å².